The molecule has 0 saturated carbocycles. The molecular formula is C45H81N3O7. The van der Waals surface area contributed by atoms with E-state index in [1.54, 1.807) is 0 Å². The summed E-state index contributed by atoms with van der Waals surface area (Å²) in [7, 11) is 0. The molecule has 10 nitrogen and oxygen atoms in total. The lowest BCUT2D eigenvalue weighted by molar-refractivity contribution is -0.222. The number of nitrogens with one attached hydrogen (secondary N) is 2. The van der Waals surface area contributed by atoms with Gasteiger partial charge in [0.05, 0.1) is 6.61 Å². The molecule has 1 aromatic rings. The third-order valence-corrected chi connectivity index (χ3v) is 11.0. The van der Waals surface area contributed by atoms with E-state index < -0.39 is 43.3 Å². The number of urea groups is 1. The molecule has 318 valence electrons. The predicted octanol–water partition coefficient (Wildman–Crippen LogP) is 9.91. The fourth-order valence-corrected chi connectivity index (χ4v) is 7.51. The summed E-state index contributed by atoms with van der Waals surface area (Å²) in [4.78, 5) is 28.3. The molecule has 55 heavy (non-hydrogen) atoms. The number of benzene rings is 1. The van der Waals surface area contributed by atoms with E-state index >= 15 is 0 Å². The number of alkyl carbamates (subject to hydrolysis) is 1. The van der Waals surface area contributed by atoms with Crippen LogP contribution in [0.1, 0.15) is 186 Å². The first-order valence-electron chi connectivity index (χ1n) is 22.6. The summed E-state index contributed by atoms with van der Waals surface area (Å²) in [6, 6.07) is 7.71. The fourth-order valence-electron chi connectivity index (χ4n) is 7.51. The van der Waals surface area contributed by atoms with Gasteiger partial charge in [-0.1, -0.05) is 198 Å². The Morgan fingerprint density at radius 2 is 1.11 bits per heavy atom. The maximum Gasteiger partial charge on any atom is 0.407 e. The van der Waals surface area contributed by atoms with Crippen molar-refractivity contribution < 1.29 is 34.4 Å². The van der Waals surface area contributed by atoms with Crippen LogP contribution in [0.2, 0.25) is 0 Å². The lowest BCUT2D eigenvalue weighted by Gasteiger charge is -2.46. The zero-order valence-corrected chi connectivity index (χ0v) is 34.9. The Balaban J connectivity index is 1.86. The normalized spacial score (nSPS) is 19.6. The number of ether oxygens (including phenoxy) is 2. The van der Waals surface area contributed by atoms with Crippen molar-refractivity contribution >= 4 is 12.1 Å². The van der Waals surface area contributed by atoms with Crippen LogP contribution in [0.5, 0.6) is 0 Å². The van der Waals surface area contributed by atoms with Crippen LogP contribution in [0, 0.1) is 0 Å². The van der Waals surface area contributed by atoms with Gasteiger partial charge in [0.25, 0.3) is 0 Å². The number of nitrogens with zero attached hydrogens (tertiary/aromatic N) is 1. The molecule has 1 aliphatic rings. The second kappa shape index (κ2) is 32.7. The number of carbonyl (C=O) groups excluding carboxylic acids is 2. The molecule has 3 amide bonds. The maximum atomic E-state index is 13.8. The van der Waals surface area contributed by atoms with Crippen LogP contribution >= 0.6 is 0 Å². The van der Waals surface area contributed by atoms with Gasteiger partial charge >= 0.3 is 12.1 Å². The summed E-state index contributed by atoms with van der Waals surface area (Å²) in [5.74, 6) is 0. The number of carbonyl (C=O) groups is 2. The number of unbranched alkanes of at least 4 members (excludes halogenated alkanes) is 24. The molecule has 0 bridgehead atoms. The molecule has 1 heterocycles. The van der Waals surface area contributed by atoms with Crippen molar-refractivity contribution in [2.75, 3.05) is 19.7 Å². The highest BCUT2D eigenvalue weighted by atomic mass is 16.6. The summed E-state index contributed by atoms with van der Waals surface area (Å²) in [5, 5.41) is 37.6. The lowest BCUT2D eigenvalue weighted by Crippen LogP contribution is -2.69. The SMILES string of the molecule is CCCCCCCCCCCCCCCCCCNC(=O)N(CCCCCCCCCCCC)[C@@H]1O[C@H](CO)[C@H](O)[C@H](O)[C@H]1NC(=O)OCc1ccccc1. The molecule has 5 N–H and O–H groups in total. The van der Waals surface area contributed by atoms with Gasteiger partial charge in [0.1, 0.15) is 31.0 Å². The molecular weight excluding hydrogens is 695 g/mol. The third-order valence-electron chi connectivity index (χ3n) is 11.0. The lowest BCUT2D eigenvalue weighted by atomic mass is 9.95. The van der Waals surface area contributed by atoms with E-state index in [0.29, 0.717) is 13.1 Å². The molecule has 1 saturated heterocycles. The minimum atomic E-state index is -1.50. The van der Waals surface area contributed by atoms with Gasteiger partial charge in [-0.25, -0.2) is 9.59 Å². The number of amides is 3. The first-order chi connectivity index (χ1) is 26.9. The van der Waals surface area contributed by atoms with Crippen molar-refractivity contribution in [3.05, 3.63) is 35.9 Å². The van der Waals surface area contributed by atoms with Crippen LogP contribution in [0.3, 0.4) is 0 Å². The molecule has 1 fully saturated rings. The highest BCUT2D eigenvalue weighted by molar-refractivity contribution is 5.75. The molecule has 1 aromatic carbocycles. The van der Waals surface area contributed by atoms with E-state index in [1.165, 1.54) is 127 Å². The number of hydrogen-bond acceptors (Lipinski definition) is 7. The Hall–Kier alpha value is -2.40. The van der Waals surface area contributed by atoms with Gasteiger partial charge in [0.15, 0.2) is 6.23 Å². The van der Waals surface area contributed by atoms with Crippen molar-refractivity contribution in [2.24, 2.45) is 0 Å². The summed E-state index contributed by atoms with van der Waals surface area (Å²) in [6.07, 6.45) is 25.9. The van der Waals surface area contributed by atoms with E-state index in [4.69, 9.17) is 9.47 Å². The Labute approximate surface area is 334 Å². The van der Waals surface area contributed by atoms with Crippen LogP contribution in [-0.2, 0) is 16.1 Å². The Morgan fingerprint density at radius 3 is 1.58 bits per heavy atom. The predicted molar refractivity (Wildman–Crippen MR) is 223 cm³/mol. The number of rotatable bonds is 33. The molecule has 1 aliphatic heterocycles. The Bertz CT molecular complexity index is 1060. The Kier molecular flexibility index (Phi) is 28.9. The maximum absolute atomic E-state index is 13.8. The largest absolute Gasteiger partial charge is 0.445 e. The molecule has 0 unspecified atom stereocenters. The van der Waals surface area contributed by atoms with E-state index in [0.717, 1.165) is 50.5 Å². The average molecular weight is 776 g/mol. The van der Waals surface area contributed by atoms with Gasteiger partial charge in [-0.2, -0.15) is 0 Å². The van der Waals surface area contributed by atoms with Crippen LogP contribution in [0.4, 0.5) is 9.59 Å². The monoisotopic (exact) mass is 776 g/mol. The highest BCUT2D eigenvalue weighted by Gasteiger charge is 2.48. The minimum absolute atomic E-state index is 0.0188. The summed E-state index contributed by atoms with van der Waals surface area (Å²) < 4.78 is 11.5. The van der Waals surface area contributed by atoms with E-state index in [1.807, 2.05) is 30.3 Å². The molecule has 0 radical (unpaired) electrons. The molecule has 5 atom stereocenters. The van der Waals surface area contributed by atoms with Crippen molar-refractivity contribution in [3.63, 3.8) is 0 Å². The molecule has 0 aliphatic carbocycles. The first kappa shape index (κ1) is 48.7. The second-order valence-corrected chi connectivity index (χ2v) is 15.9. The van der Waals surface area contributed by atoms with Crippen LogP contribution in [0.25, 0.3) is 0 Å². The highest BCUT2D eigenvalue weighted by Crippen LogP contribution is 2.25. The van der Waals surface area contributed by atoms with E-state index in [2.05, 4.69) is 24.5 Å². The van der Waals surface area contributed by atoms with E-state index in [-0.39, 0.29) is 12.6 Å². The zero-order valence-electron chi connectivity index (χ0n) is 34.9. The second-order valence-electron chi connectivity index (χ2n) is 15.9. The topological polar surface area (TPSA) is 141 Å². The van der Waals surface area contributed by atoms with Gasteiger partial charge in [0, 0.05) is 13.1 Å². The van der Waals surface area contributed by atoms with Gasteiger partial charge in [-0.05, 0) is 18.4 Å². The van der Waals surface area contributed by atoms with Gasteiger partial charge in [-0.3, -0.25) is 4.90 Å². The van der Waals surface area contributed by atoms with Gasteiger partial charge in [0.2, 0.25) is 0 Å². The number of aliphatic hydroxyl groups is 3. The van der Waals surface area contributed by atoms with E-state index in [9.17, 15) is 24.9 Å². The molecule has 0 spiro atoms. The fraction of sp³-hybridized carbons (Fsp3) is 0.822. The quantitative estimate of drug-likeness (QED) is 0.0448. The molecule has 0 aromatic heterocycles. The van der Waals surface area contributed by atoms with Crippen LogP contribution < -0.4 is 10.6 Å². The van der Waals surface area contributed by atoms with Gasteiger partial charge in [-0.15, -0.1) is 0 Å². The summed E-state index contributed by atoms with van der Waals surface area (Å²) >= 11 is 0. The zero-order chi connectivity index (χ0) is 39.8. The molecule has 2 rings (SSSR count). The van der Waals surface area contributed by atoms with Crippen LogP contribution in [0.15, 0.2) is 30.3 Å². The molecule has 10 heteroatoms. The van der Waals surface area contributed by atoms with Crippen LogP contribution in [-0.4, -0.2) is 82.6 Å². The summed E-state index contributed by atoms with van der Waals surface area (Å²) in [6.45, 7) is 4.81. The third kappa shape index (κ3) is 22.2. The number of hydrogen-bond donors (Lipinski definition) is 5. The minimum Gasteiger partial charge on any atom is -0.445 e. The van der Waals surface area contributed by atoms with Crippen molar-refractivity contribution in [1.29, 1.82) is 0 Å². The number of aliphatic hydroxyl groups excluding tert-OH is 3. The van der Waals surface area contributed by atoms with Crippen molar-refractivity contribution in [3.8, 4) is 0 Å². The Morgan fingerprint density at radius 1 is 0.655 bits per heavy atom. The van der Waals surface area contributed by atoms with Crippen molar-refractivity contribution in [1.82, 2.24) is 15.5 Å². The standard InChI is InChI=1S/C45H81N3O7/c1-3-5-7-9-11-13-15-16-17-18-19-20-21-23-25-30-34-46-44(52)48(35-31-26-24-22-14-12-10-8-6-4-2)43-40(42(51)41(50)39(36-49)55-43)47-45(53)54-37-38-32-28-27-29-33-38/h27-29,32-33,39-43,49-51H,3-26,30-31,34-37H2,1-2H3,(H,46,52)(H,47,53)/t39-,40-,41+,42-,43-/m1/s1. The average Bonchev–Trinajstić information content (AvgIpc) is 3.20. The first-order valence-corrected chi connectivity index (χ1v) is 22.6. The van der Waals surface area contributed by atoms with Gasteiger partial charge < -0.3 is 35.4 Å². The smallest absolute Gasteiger partial charge is 0.407 e. The van der Waals surface area contributed by atoms with Crippen molar-refractivity contribution in [2.45, 2.75) is 218 Å². The summed E-state index contributed by atoms with van der Waals surface area (Å²) in [5.41, 5.74) is 0.797.